The van der Waals surface area contributed by atoms with Crippen molar-refractivity contribution in [1.29, 1.82) is 0 Å². The quantitative estimate of drug-likeness (QED) is 0.439. The number of nitrogens with zero attached hydrogens (tertiary/aromatic N) is 1. The van der Waals surface area contributed by atoms with Crippen molar-refractivity contribution in [3.63, 3.8) is 0 Å². The van der Waals surface area contributed by atoms with E-state index < -0.39 is 22.5 Å². The Bertz CT molecular complexity index is 855. The van der Waals surface area contributed by atoms with Gasteiger partial charge in [-0.1, -0.05) is 35.5 Å². The van der Waals surface area contributed by atoms with E-state index in [9.17, 15) is 19.7 Å². The van der Waals surface area contributed by atoms with Crippen LogP contribution in [0.5, 0.6) is 0 Å². The molecule has 0 saturated carbocycles. The minimum Gasteiger partial charge on any atom is -0.465 e. The summed E-state index contributed by atoms with van der Waals surface area (Å²) in [5.41, 5.74) is -0.284. The van der Waals surface area contributed by atoms with Gasteiger partial charge < -0.3 is 9.47 Å². The van der Waals surface area contributed by atoms with E-state index in [1.807, 2.05) is 0 Å². The van der Waals surface area contributed by atoms with Gasteiger partial charge in [0.1, 0.15) is 5.02 Å². The number of methoxy groups -OCH3 is 2. The van der Waals surface area contributed by atoms with Gasteiger partial charge in [-0.15, -0.1) is 0 Å². The molecule has 9 heteroatoms. The van der Waals surface area contributed by atoms with Gasteiger partial charge in [0, 0.05) is 4.90 Å². The van der Waals surface area contributed by atoms with Gasteiger partial charge in [-0.05, 0) is 24.3 Å². The van der Waals surface area contributed by atoms with E-state index in [0.717, 1.165) is 18.9 Å². The molecule has 0 radical (unpaired) electrons. The molecular formula is C16H12ClNO6S. The Kier molecular flexibility index (Phi) is 6.00. The first-order valence-electron chi connectivity index (χ1n) is 6.81. The first kappa shape index (κ1) is 18.8. The number of benzene rings is 2. The highest BCUT2D eigenvalue weighted by molar-refractivity contribution is 7.99. The third-order valence-corrected chi connectivity index (χ3v) is 4.69. The molecule has 0 bridgehead atoms. The van der Waals surface area contributed by atoms with Crippen LogP contribution < -0.4 is 0 Å². The van der Waals surface area contributed by atoms with Crippen molar-refractivity contribution in [3.8, 4) is 0 Å². The first-order chi connectivity index (χ1) is 11.9. The molecule has 130 valence electrons. The zero-order valence-electron chi connectivity index (χ0n) is 13.1. The summed E-state index contributed by atoms with van der Waals surface area (Å²) in [5.74, 6) is -1.34. The lowest BCUT2D eigenvalue weighted by Gasteiger charge is -2.10. The summed E-state index contributed by atoms with van der Waals surface area (Å²) in [6.45, 7) is 0. The third kappa shape index (κ3) is 3.92. The predicted molar refractivity (Wildman–Crippen MR) is 91.4 cm³/mol. The minimum atomic E-state index is -0.778. The molecule has 0 amide bonds. The van der Waals surface area contributed by atoms with E-state index in [1.54, 1.807) is 24.3 Å². The molecule has 0 aliphatic heterocycles. The summed E-state index contributed by atoms with van der Waals surface area (Å²) < 4.78 is 9.27. The molecule has 0 saturated heterocycles. The highest BCUT2D eigenvalue weighted by atomic mass is 35.5. The number of carbonyl (C=O) groups excluding carboxylic acids is 2. The summed E-state index contributed by atoms with van der Waals surface area (Å²) in [5, 5.41) is 11.1. The highest BCUT2D eigenvalue weighted by Crippen LogP contribution is 2.41. The van der Waals surface area contributed by atoms with Crippen molar-refractivity contribution in [2.24, 2.45) is 0 Å². The zero-order chi connectivity index (χ0) is 18.6. The summed E-state index contributed by atoms with van der Waals surface area (Å²) in [6.07, 6.45) is 0. The maximum Gasteiger partial charge on any atom is 0.339 e. The maximum atomic E-state index is 11.8. The van der Waals surface area contributed by atoms with Crippen LogP contribution in [0.2, 0.25) is 5.02 Å². The van der Waals surface area contributed by atoms with Crippen LogP contribution in [0.15, 0.2) is 46.2 Å². The van der Waals surface area contributed by atoms with E-state index in [-0.39, 0.29) is 21.0 Å². The summed E-state index contributed by atoms with van der Waals surface area (Å²) in [7, 11) is 2.40. The molecule has 2 aromatic rings. The number of esters is 2. The van der Waals surface area contributed by atoms with Gasteiger partial charge in [0.05, 0.1) is 35.2 Å². The van der Waals surface area contributed by atoms with E-state index in [1.165, 1.54) is 19.2 Å². The molecule has 2 rings (SSSR count). The molecule has 0 atom stereocenters. The normalized spacial score (nSPS) is 10.2. The lowest BCUT2D eigenvalue weighted by molar-refractivity contribution is -0.387. The van der Waals surface area contributed by atoms with Gasteiger partial charge >= 0.3 is 17.6 Å². The van der Waals surface area contributed by atoms with Crippen molar-refractivity contribution in [3.05, 3.63) is 62.7 Å². The van der Waals surface area contributed by atoms with Crippen LogP contribution in [0.1, 0.15) is 20.7 Å². The van der Waals surface area contributed by atoms with Crippen LogP contribution in [0, 0.1) is 10.1 Å². The standard InChI is InChI=1S/C16H12ClNO6S/c1-23-15(19)9-5-3-4-6-11(9)25-12-8-7-10(16(20)24-2)13(17)14(12)18(21)22/h3-8H,1-2H3. The molecule has 0 aliphatic carbocycles. The Morgan fingerprint density at radius 3 is 2.20 bits per heavy atom. The van der Waals surface area contributed by atoms with Crippen LogP contribution >= 0.6 is 23.4 Å². The van der Waals surface area contributed by atoms with E-state index >= 15 is 0 Å². The Hall–Kier alpha value is -2.58. The largest absolute Gasteiger partial charge is 0.465 e. The summed E-state index contributed by atoms with van der Waals surface area (Å²) in [6, 6.07) is 9.23. The second-order valence-corrected chi connectivity index (χ2v) is 6.07. The number of carbonyl (C=O) groups is 2. The number of ether oxygens (including phenoxy) is 2. The highest BCUT2D eigenvalue weighted by Gasteiger charge is 2.27. The van der Waals surface area contributed by atoms with Crippen molar-refractivity contribution in [2.45, 2.75) is 9.79 Å². The van der Waals surface area contributed by atoms with E-state index in [4.69, 9.17) is 16.3 Å². The molecule has 25 heavy (non-hydrogen) atoms. The number of halogens is 1. The Labute approximate surface area is 152 Å². The molecule has 0 heterocycles. The van der Waals surface area contributed by atoms with Crippen molar-refractivity contribution >= 4 is 41.0 Å². The maximum absolute atomic E-state index is 11.8. The predicted octanol–water partition coefficient (Wildman–Crippen LogP) is 3.97. The molecular weight excluding hydrogens is 370 g/mol. The lowest BCUT2D eigenvalue weighted by atomic mass is 10.2. The summed E-state index contributed by atoms with van der Waals surface area (Å²) >= 11 is 7.01. The number of hydrogen-bond donors (Lipinski definition) is 0. The van der Waals surface area contributed by atoms with Crippen LogP contribution in [0.3, 0.4) is 0 Å². The number of hydrogen-bond acceptors (Lipinski definition) is 7. The first-order valence-corrected chi connectivity index (χ1v) is 8.00. The fraction of sp³-hybridized carbons (Fsp3) is 0.125. The average Bonchev–Trinajstić information content (AvgIpc) is 2.60. The fourth-order valence-corrected chi connectivity index (χ4v) is 3.44. The molecule has 0 aliphatic rings. The monoisotopic (exact) mass is 381 g/mol. The lowest BCUT2D eigenvalue weighted by Crippen LogP contribution is -2.05. The Morgan fingerprint density at radius 1 is 1.00 bits per heavy atom. The fourth-order valence-electron chi connectivity index (χ4n) is 2.02. The van der Waals surface area contributed by atoms with Crippen LogP contribution in [-0.2, 0) is 9.47 Å². The van der Waals surface area contributed by atoms with E-state index in [2.05, 4.69) is 4.74 Å². The van der Waals surface area contributed by atoms with Crippen molar-refractivity contribution in [1.82, 2.24) is 0 Å². The van der Waals surface area contributed by atoms with Gasteiger partial charge in [-0.2, -0.15) is 0 Å². The topological polar surface area (TPSA) is 95.7 Å². The van der Waals surface area contributed by atoms with Gasteiger partial charge in [0.25, 0.3) is 0 Å². The second-order valence-electron chi connectivity index (χ2n) is 4.61. The number of nitro benzene ring substituents is 1. The zero-order valence-corrected chi connectivity index (χ0v) is 14.7. The van der Waals surface area contributed by atoms with Crippen molar-refractivity contribution in [2.75, 3.05) is 14.2 Å². The Balaban J connectivity index is 2.55. The van der Waals surface area contributed by atoms with Crippen LogP contribution in [0.25, 0.3) is 0 Å². The van der Waals surface area contributed by atoms with Crippen molar-refractivity contribution < 1.29 is 24.0 Å². The summed E-state index contributed by atoms with van der Waals surface area (Å²) in [4.78, 5) is 34.9. The van der Waals surface area contributed by atoms with Crippen LogP contribution in [-0.4, -0.2) is 31.1 Å². The van der Waals surface area contributed by atoms with Crippen LogP contribution in [0.4, 0.5) is 5.69 Å². The number of nitro groups is 1. The SMILES string of the molecule is COC(=O)c1ccccc1Sc1ccc(C(=O)OC)c(Cl)c1[N+](=O)[O-]. The molecule has 0 spiro atoms. The molecule has 0 N–H and O–H groups in total. The van der Waals surface area contributed by atoms with Gasteiger partial charge in [0.2, 0.25) is 0 Å². The van der Waals surface area contributed by atoms with Gasteiger partial charge in [-0.25, -0.2) is 9.59 Å². The average molecular weight is 382 g/mol. The van der Waals surface area contributed by atoms with Gasteiger partial charge in [-0.3, -0.25) is 10.1 Å². The molecule has 0 fully saturated rings. The number of rotatable bonds is 5. The Morgan fingerprint density at radius 2 is 1.60 bits per heavy atom. The molecule has 0 unspecified atom stereocenters. The third-order valence-electron chi connectivity index (χ3n) is 3.18. The van der Waals surface area contributed by atoms with E-state index in [0.29, 0.717) is 4.90 Å². The molecule has 7 nitrogen and oxygen atoms in total. The molecule has 0 aromatic heterocycles. The molecule has 2 aromatic carbocycles. The minimum absolute atomic E-state index is 0.110. The second kappa shape index (κ2) is 8.00. The smallest absolute Gasteiger partial charge is 0.339 e. The van der Waals surface area contributed by atoms with Gasteiger partial charge in [0.15, 0.2) is 0 Å².